The SMILES string of the molecule is CCNC(Cc1ncnn1CC)c1ccc(F)cc1Cl. The fraction of sp³-hybridized carbons (Fsp3) is 0.429. The zero-order valence-corrected chi connectivity index (χ0v) is 12.4. The van der Waals surface area contributed by atoms with Crippen LogP contribution in [0.2, 0.25) is 5.02 Å². The summed E-state index contributed by atoms with van der Waals surface area (Å²) < 4.78 is 15.0. The first-order valence-electron chi connectivity index (χ1n) is 6.70. The Morgan fingerprint density at radius 3 is 2.85 bits per heavy atom. The van der Waals surface area contributed by atoms with Crippen LogP contribution in [0.1, 0.15) is 31.3 Å². The fourth-order valence-corrected chi connectivity index (χ4v) is 2.51. The summed E-state index contributed by atoms with van der Waals surface area (Å²) in [4.78, 5) is 4.28. The number of hydrogen-bond acceptors (Lipinski definition) is 3. The van der Waals surface area contributed by atoms with Crippen LogP contribution in [0.15, 0.2) is 24.5 Å². The molecule has 0 saturated carbocycles. The second kappa shape index (κ2) is 6.81. The van der Waals surface area contributed by atoms with Crippen LogP contribution in [-0.4, -0.2) is 21.3 Å². The van der Waals surface area contributed by atoms with Gasteiger partial charge in [-0.2, -0.15) is 5.10 Å². The summed E-state index contributed by atoms with van der Waals surface area (Å²) in [7, 11) is 0. The minimum atomic E-state index is -0.328. The quantitative estimate of drug-likeness (QED) is 0.891. The number of aryl methyl sites for hydroxylation is 1. The minimum absolute atomic E-state index is 0.0115. The third-order valence-electron chi connectivity index (χ3n) is 3.17. The Balaban J connectivity index is 2.27. The van der Waals surface area contributed by atoms with E-state index in [9.17, 15) is 4.39 Å². The van der Waals surface area contributed by atoms with E-state index in [0.29, 0.717) is 11.4 Å². The van der Waals surface area contributed by atoms with E-state index < -0.39 is 0 Å². The molecule has 0 fully saturated rings. The van der Waals surface area contributed by atoms with Gasteiger partial charge in [-0.3, -0.25) is 4.68 Å². The Labute approximate surface area is 123 Å². The molecule has 0 spiro atoms. The van der Waals surface area contributed by atoms with Gasteiger partial charge in [0, 0.05) is 24.0 Å². The summed E-state index contributed by atoms with van der Waals surface area (Å²) in [5.41, 5.74) is 0.876. The molecule has 6 heteroatoms. The van der Waals surface area contributed by atoms with Gasteiger partial charge in [0.15, 0.2) is 0 Å². The molecule has 0 saturated heterocycles. The number of rotatable bonds is 6. The molecule has 0 aliphatic carbocycles. The molecular weight excluding hydrogens is 279 g/mol. The summed E-state index contributed by atoms with van der Waals surface area (Å²) in [6, 6.07) is 4.47. The molecule has 1 N–H and O–H groups in total. The molecule has 0 bridgehead atoms. The third kappa shape index (κ3) is 3.35. The predicted octanol–water partition coefficient (Wildman–Crippen LogP) is 2.98. The van der Waals surface area contributed by atoms with Crippen LogP contribution < -0.4 is 5.32 Å². The highest BCUT2D eigenvalue weighted by Gasteiger charge is 2.17. The van der Waals surface area contributed by atoms with Gasteiger partial charge in [0.2, 0.25) is 0 Å². The van der Waals surface area contributed by atoms with Gasteiger partial charge in [0.05, 0.1) is 0 Å². The topological polar surface area (TPSA) is 42.7 Å². The van der Waals surface area contributed by atoms with E-state index in [-0.39, 0.29) is 11.9 Å². The molecule has 2 aromatic rings. The second-order valence-corrected chi connectivity index (χ2v) is 4.88. The number of halogens is 2. The maximum atomic E-state index is 13.2. The van der Waals surface area contributed by atoms with Gasteiger partial charge in [0.25, 0.3) is 0 Å². The highest BCUT2D eigenvalue weighted by molar-refractivity contribution is 6.31. The zero-order valence-electron chi connectivity index (χ0n) is 11.6. The highest BCUT2D eigenvalue weighted by Crippen LogP contribution is 2.26. The molecule has 0 radical (unpaired) electrons. The van der Waals surface area contributed by atoms with E-state index in [1.807, 2.05) is 18.5 Å². The maximum absolute atomic E-state index is 13.2. The van der Waals surface area contributed by atoms with E-state index >= 15 is 0 Å². The normalized spacial score (nSPS) is 12.6. The standard InChI is InChI=1S/C14H18ClFN4/c1-3-17-13(8-14-18-9-19-20(14)4-2)11-6-5-10(16)7-12(11)15/h5-7,9,13,17H,3-4,8H2,1-2H3. The molecule has 1 atom stereocenters. The Morgan fingerprint density at radius 1 is 1.40 bits per heavy atom. The number of benzene rings is 1. The summed E-state index contributed by atoms with van der Waals surface area (Å²) in [6.07, 6.45) is 2.21. The van der Waals surface area contributed by atoms with E-state index in [2.05, 4.69) is 15.4 Å². The van der Waals surface area contributed by atoms with Crippen molar-refractivity contribution in [2.24, 2.45) is 0 Å². The van der Waals surface area contributed by atoms with Gasteiger partial charge in [-0.1, -0.05) is 24.6 Å². The summed E-state index contributed by atoms with van der Waals surface area (Å²) >= 11 is 6.15. The summed E-state index contributed by atoms with van der Waals surface area (Å²) in [5, 5.41) is 7.95. The number of likely N-dealkylation sites (N-methyl/N-ethyl adjacent to an activating group) is 1. The van der Waals surface area contributed by atoms with Crippen molar-refractivity contribution in [1.29, 1.82) is 0 Å². The molecule has 0 aliphatic rings. The van der Waals surface area contributed by atoms with Crippen molar-refractivity contribution >= 4 is 11.6 Å². The predicted molar refractivity (Wildman–Crippen MR) is 77.2 cm³/mol. The first kappa shape index (κ1) is 14.9. The van der Waals surface area contributed by atoms with Gasteiger partial charge in [-0.05, 0) is 31.2 Å². The molecule has 2 rings (SSSR count). The average Bonchev–Trinajstić information content (AvgIpc) is 2.85. The van der Waals surface area contributed by atoms with Gasteiger partial charge in [0.1, 0.15) is 18.0 Å². The lowest BCUT2D eigenvalue weighted by Crippen LogP contribution is -2.25. The smallest absolute Gasteiger partial charge is 0.138 e. The summed E-state index contributed by atoms with van der Waals surface area (Å²) in [5.74, 6) is 0.560. The Hall–Kier alpha value is -1.46. The van der Waals surface area contributed by atoms with Gasteiger partial charge < -0.3 is 5.32 Å². The Kier molecular flexibility index (Phi) is 5.09. The molecule has 1 aromatic heterocycles. The molecule has 20 heavy (non-hydrogen) atoms. The van der Waals surface area contributed by atoms with Crippen LogP contribution in [0.3, 0.4) is 0 Å². The number of nitrogens with zero attached hydrogens (tertiary/aromatic N) is 3. The van der Waals surface area contributed by atoms with Gasteiger partial charge in [-0.15, -0.1) is 0 Å². The maximum Gasteiger partial charge on any atom is 0.138 e. The zero-order chi connectivity index (χ0) is 14.5. The molecule has 4 nitrogen and oxygen atoms in total. The lowest BCUT2D eigenvalue weighted by Gasteiger charge is -2.19. The highest BCUT2D eigenvalue weighted by atomic mass is 35.5. The van der Waals surface area contributed by atoms with Crippen molar-refractivity contribution in [3.05, 3.63) is 46.8 Å². The molecule has 1 heterocycles. The molecule has 1 aromatic carbocycles. The number of hydrogen-bond donors (Lipinski definition) is 1. The first-order valence-corrected chi connectivity index (χ1v) is 7.08. The lowest BCUT2D eigenvalue weighted by atomic mass is 10.0. The van der Waals surface area contributed by atoms with Crippen molar-refractivity contribution in [2.75, 3.05) is 6.54 Å². The van der Waals surface area contributed by atoms with Crippen LogP contribution in [0.5, 0.6) is 0 Å². The van der Waals surface area contributed by atoms with Crippen LogP contribution >= 0.6 is 11.6 Å². The van der Waals surface area contributed by atoms with Gasteiger partial charge >= 0.3 is 0 Å². The van der Waals surface area contributed by atoms with Crippen molar-refractivity contribution in [1.82, 2.24) is 20.1 Å². The van der Waals surface area contributed by atoms with E-state index in [0.717, 1.165) is 24.5 Å². The molecular formula is C14H18ClFN4. The third-order valence-corrected chi connectivity index (χ3v) is 3.50. The molecule has 0 amide bonds. The molecule has 108 valence electrons. The van der Waals surface area contributed by atoms with Gasteiger partial charge in [-0.25, -0.2) is 9.37 Å². The second-order valence-electron chi connectivity index (χ2n) is 4.47. The Bertz CT molecular complexity index is 570. The van der Waals surface area contributed by atoms with E-state index in [1.54, 1.807) is 12.4 Å². The number of aromatic nitrogens is 3. The monoisotopic (exact) mass is 296 g/mol. The van der Waals surface area contributed by atoms with Crippen LogP contribution in [0.4, 0.5) is 4.39 Å². The molecule has 0 aliphatic heterocycles. The number of nitrogens with one attached hydrogen (secondary N) is 1. The Morgan fingerprint density at radius 2 is 2.20 bits per heavy atom. The minimum Gasteiger partial charge on any atom is -0.310 e. The van der Waals surface area contributed by atoms with Crippen molar-refractivity contribution in [3.63, 3.8) is 0 Å². The van der Waals surface area contributed by atoms with Crippen LogP contribution in [0.25, 0.3) is 0 Å². The fourth-order valence-electron chi connectivity index (χ4n) is 2.22. The lowest BCUT2D eigenvalue weighted by molar-refractivity contribution is 0.508. The first-order chi connectivity index (χ1) is 9.65. The van der Waals surface area contributed by atoms with Crippen molar-refractivity contribution < 1.29 is 4.39 Å². The molecule has 1 unspecified atom stereocenters. The van der Waals surface area contributed by atoms with Crippen molar-refractivity contribution in [3.8, 4) is 0 Å². The summed E-state index contributed by atoms with van der Waals surface area (Å²) in [6.45, 7) is 5.60. The average molecular weight is 297 g/mol. The van der Waals surface area contributed by atoms with E-state index in [4.69, 9.17) is 11.6 Å². The van der Waals surface area contributed by atoms with Crippen LogP contribution in [0, 0.1) is 5.82 Å². The van der Waals surface area contributed by atoms with E-state index in [1.165, 1.54) is 12.1 Å². The van der Waals surface area contributed by atoms with Crippen molar-refractivity contribution in [2.45, 2.75) is 32.9 Å². The largest absolute Gasteiger partial charge is 0.310 e. The van der Waals surface area contributed by atoms with Crippen LogP contribution in [-0.2, 0) is 13.0 Å².